The molecule has 1 unspecified atom stereocenters. The Morgan fingerprint density at radius 2 is 2.17 bits per heavy atom. The molecule has 1 atom stereocenters. The van der Waals surface area contributed by atoms with Crippen molar-refractivity contribution in [3.63, 3.8) is 0 Å². The first kappa shape index (κ1) is 13.6. The highest BCUT2D eigenvalue weighted by Gasteiger charge is 2.25. The van der Waals surface area contributed by atoms with Crippen molar-refractivity contribution in [3.05, 3.63) is 18.2 Å². The van der Waals surface area contributed by atoms with Crippen molar-refractivity contribution in [3.8, 4) is 0 Å². The van der Waals surface area contributed by atoms with Crippen molar-refractivity contribution in [2.75, 3.05) is 19.6 Å². The van der Waals surface area contributed by atoms with Gasteiger partial charge in [-0.3, -0.25) is 0 Å². The van der Waals surface area contributed by atoms with E-state index >= 15 is 0 Å². The third kappa shape index (κ3) is 3.56. The lowest BCUT2D eigenvalue weighted by Crippen LogP contribution is -2.39. The molecule has 4 heteroatoms. The maximum Gasteiger partial charge on any atom is 0.0951 e. The first-order valence-corrected chi connectivity index (χ1v) is 7.21. The minimum atomic E-state index is 0.521. The van der Waals surface area contributed by atoms with E-state index in [4.69, 9.17) is 0 Å². The smallest absolute Gasteiger partial charge is 0.0951 e. The Labute approximate surface area is 110 Å². The minimum Gasteiger partial charge on any atom is -0.330 e. The summed E-state index contributed by atoms with van der Waals surface area (Å²) in [5.74, 6) is 0. The molecule has 1 saturated carbocycles. The predicted octanol–water partition coefficient (Wildman–Crippen LogP) is 2.04. The Morgan fingerprint density at radius 3 is 2.78 bits per heavy atom. The number of nitrogens with zero attached hydrogens (tertiary/aromatic N) is 3. The molecule has 1 aliphatic carbocycles. The molecule has 0 saturated heterocycles. The van der Waals surface area contributed by atoms with Crippen molar-refractivity contribution in [2.45, 2.75) is 52.2 Å². The monoisotopic (exact) mass is 250 g/mol. The standard InChI is InChI=1S/C14H26N4/c1-4-17(5-2)10-12(3)16-9-14-8-15-11-18(14)13-6-7-13/h8,11-13,16H,4-7,9-10H2,1-3H3. The van der Waals surface area contributed by atoms with E-state index in [1.807, 2.05) is 12.5 Å². The lowest BCUT2D eigenvalue weighted by Gasteiger charge is -2.23. The van der Waals surface area contributed by atoms with Crippen molar-refractivity contribution in [2.24, 2.45) is 0 Å². The van der Waals surface area contributed by atoms with E-state index in [-0.39, 0.29) is 0 Å². The number of likely N-dealkylation sites (N-methyl/N-ethyl adjacent to an activating group) is 1. The van der Waals surface area contributed by atoms with Gasteiger partial charge in [0.2, 0.25) is 0 Å². The average Bonchev–Trinajstić information content (AvgIpc) is 3.12. The van der Waals surface area contributed by atoms with Gasteiger partial charge in [-0.25, -0.2) is 4.98 Å². The largest absolute Gasteiger partial charge is 0.330 e. The lowest BCUT2D eigenvalue weighted by molar-refractivity contribution is 0.270. The molecule has 1 heterocycles. The second kappa shape index (κ2) is 6.34. The van der Waals surface area contributed by atoms with Crippen LogP contribution >= 0.6 is 0 Å². The molecule has 0 aromatic carbocycles. The molecule has 0 amide bonds. The van der Waals surface area contributed by atoms with E-state index < -0.39 is 0 Å². The van der Waals surface area contributed by atoms with Gasteiger partial charge in [-0.2, -0.15) is 0 Å². The van der Waals surface area contributed by atoms with Crippen LogP contribution in [0.2, 0.25) is 0 Å². The number of imidazole rings is 1. The van der Waals surface area contributed by atoms with Crippen molar-refractivity contribution in [1.82, 2.24) is 19.8 Å². The molecule has 0 bridgehead atoms. The van der Waals surface area contributed by atoms with Gasteiger partial charge in [0.25, 0.3) is 0 Å². The topological polar surface area (TPSA) is 33.1 Å². The molecule has 0 radical (unpaired) electrons. The van der Waals surface area contributed by atoms with Crippen LogP contribution < -0.4 is 5.32 Å². The van der Waals surface area contributed by atoms with E-state index in [2.05, 4.69) is 40.5 Å². The van der Waals surface area contributed by atoms with Crippen LogP contribution in [0.4, 0.5) is 0 Å². The third-order valence-electron chi connectivity index (χ3n) is 3.74. The van der Waals surface area contributed by atoms with Crippen LogP contribution in [0.1, 0.15) is 45.3 Å². The van der Waals surface area contributed by atoms with Gasteiger partial charge >= 0.3 is 0 Å². The average molecular weight is 250 g/mol. The zero-order valence-electron chi connectivity index (χ0n) is 11.9. The van der Waals surface area contributed by atoms with Gasteiger partial charge in [0.15, 0.2) is 0 Å². The van der Waals surface area contributed by atoms with E-state index in [0.29, 0.717) is 6.04 Å². The first-order chi connectivity index (χ1) is 8.74. The van der Waals surface area contributed by atoms with Crippen LogP contribution in [0.3, 0.4) is 0 Å². The van der Waals surface area contributed by atoms with Gasteiger partial charge in [-0.1, -0.05) is 13.8 Å². The molecular formula is C14H26N4. The molecule has 102 valence electrons. The second-order valence-electron chi connectivity index (χ2n) is 5.29. The molecule has 18 heavy (non-hydrogen) atoms. The Kier molecular flexibility index (Phi) is 4.78. The SMILES string of the molecule is CCN(CC)CC(C)NCc1cncn1C1CC1. The molecule has 2 rings (SSSR count). The van der Waals surface area contributed by atoms with Gasteiger partial charge in [0, 0.05) is 31.4 Å². The summed E-state index contributed by atoms with van der Waals surface area (Å²) in [6, 6.07) is 1.25. The number of nitrogens with one attached hydrogen (secondary N) is 1. The molecule has 4 nitrogen and oxygen atoms in total. The van der Waals surface area contributed by atoms with Crippen LogP contribution in [-0.4, -0.2) is 40.1 Å². The number of rotatable bonds is 8. The Hall–Kier alpha value is -0.870. The Bertz CT molecular complexity index is 352. The first-order valence-electron chi connectivity index (χ1n) is 7.21. The van der Waals surface area contributed by atoms with E-state index in [1.54, 1.807) is 0 Å². The maximum absolute atomic E-state index is 4.27. The minimum absolute atomic E-state index is 0.521. The predicted molar refractivity (Wildman–Crippen MR) is 74.6 cm³/mol. The third-order valence-corrected chi connectivity index (χ3v) is 3.74. The summed E-state index contributed by atoms with van der Waals surface area (Å²) in [5, 5.41) is 3.60. The van der Waals surface area contributed by atoms with Gasteiger partial charge in [-0.15, -0.1) is 0 Å². The highest BCUT2D eigenvalue weighted by molar-refractivity contribution is 5.03. The van der Waals surface area contributed by atoms with Crippen molar-refractivity contribution in [1.29, 1.82) is 0 Å². The van der Waals surface area contributed by atoms with E-state index in [0.717, 1.165) is 32.2 Å². The normalized spacial score (nSPS) is 17.3. The van der Waals surface area contributed by atoms with Crippen LogP contribution in [0.5, 0.6) is 0 Å². The highest BCUT2D eigenvalue weighted by Crippen LogP contribution is 2.35. The van der Waals surface area contributed by atoms with Gasteiger partial charge in [-0.05, 0) is 32.9 Å². The molecule has 1 aromatic heterocycles. The molecular weight excluding hydrogens is 224 g/mol. The molecule has 1 fully saturated rings. The summed E-state index contributed by atoms with van der Waals surface area (Å²) in [5.41, 5.74) is 1.32. The van der Waals surface area contributed by atoms with Gasteiger partial charge < -0.3 is 14.8 Å². The highest BCUT2D eigenvalue weighted by atomic mass is 15.2. The number of hydrogen-bond acceptors (Lipinski definition) is 3. The van der Waals surface area contributed by atoms with E-state index in [9.17, 15) is 0 Å². The quantitative estimate of drug-likeness (QED) is 0.766. The second-order valence-corrected chi connectivity index (χ2v) is 5.29. The molecule has 1 N–H and O–H groups in total. The number of aromatic nitrogens is 2. The summed E-state index contributed by atoms with van der Waals surface area (Å²) in [7, 11) is 0. The molecule has 1 aromatic rings. The summed E-state index contributed by atoms with van der Waals surface area (Å²) in [6.45, 7) is 11.0. The summed E-state index contributed by atoms with van der Waals surface area (Å²) >= 11 is 0. The summed E-state index contributed by atoms with van der Waals surface area (Å²) < 4.78 is 2.33. The Morgan fingerprint density at radius 1 is 1.44 bits per heavy atom. The van der Waals surface area contributed by atoms with Gasteiger partial charge in [0.1, 0.15) is 0 Å². The van der Waals surface area contributed by atoms with Crippen LogP contribution in [-0.2, 0) is 6.54 Å². The molecule has 0 spiro atoms. The van der Waals surface area contributed by atoms with Crippen LogP contribution in [0.25, 0.3) is 0 Å². The fraction of sp³-hybridized carbons (Fsp3) is 0.786. The molecule has 1 aliphatic rings. The lowest BCUT2D eigenvalue weighted by atomic mass is 10.3. The van der Waals surface area contributed by atoms with Gasteiger partial charge in [0.05, 0.1) is 12.0 Å². The number of hydrogen-bond donors (Lipinski definition) is 1. The fourth-order valence-corrected chi connectivity index (χ4v) is 2.36. The maximum atomic E-state index is 4.27. The fourth-order valence-electron chi connectivity index (χ4n) is 2.36. The zero-order chi connectivity index (χ0) is 13.0. The van der Waals surface area contributed by atoms with Crippen LogP contribution in [0.15, 0.2) is 12.5 Å². The molecule has 0 aliphatic heterocycles. The van der Waals surface area contributed by atoms with Crippen molar-refractivity contribution >= 4 is 0 Å². The van der Waals surface area contributed by atoms with Crippen LogP contribution in [0, 0.1) is 0 Å². The summed E-state index contributed by atoms with van der Waals surface area (Å²) in [6.07, 6.45) is 6.61. The van der Waals surface area contributed by atoms with Crippen molar-refractivity contribution < 1.29 is 0 Å². The van der Waals surface area contributed by atoms with E-state index in [1.165, 1.54) is 18.5 Å². The zero-order valence-corrected chi connectivity index (χ0v) is 11.9. The Balaban J connectivity index is 1.78. The summed E-state index contributed by atoms with van der Waals surface area (Å²) in [4.78, 5) is 6.72.